The van der Waals surface area contributed by atoms with Crippen LogP contribution in [0.5, 0.6) is 5.75 Å². The molecule has 1 heterocycles. The average molecular weight is 416 g/mol. The number of benzene rings is 2. The minimum Gasteiger partial charge on any atom is -0.508 e. The minimum absolute atomic E-state index is 0.209. The number of aromatic hydroxyl groups is 1. The lowest BCUT2D eigenvalue weighted by molar-refractivity contribution is 0.0952. The fourth-order valence-electron chi connectivity index (χ4n) is 3.64. The summed E-state index contributed by atoms with van der Waals surface area (Å²) in [5.41, 5.74) is 4.22. The zero-order valence-corrected chi connectivity index (χ0v) is 15.6. The largest absolute Gasteiger partial charge is 0.508 e. The van der Waals surface area contributed by atoms with Gasteiger partial charge in [0.2, 0.25) is 0 Å². The molecule has 0 radical (unpaired) electrons. The zero-order valence-electron chi connectivity index (χ0n) is 14.0. The van der Waals surface area contributed by atoms with Crippen LogP contribution in [0.25, 0.3) is 11.0 Å². The molecule has 2 aromatic carbocycles. The number of imidazole rings is 1. The summed E-state index contributed by atoms with van der Waals surface area (Å²) in [6.45, 7) is 0.247. The summed E-state index contributed by atoms with van der Waals surface area (Å²) in [7, 11) is 0. The molecular formula is C19H18BrN3O3. The van der Waals surface area contributed by atoms with Crippen molar-refractivity contribution in [2.45, 2.75) is 32.2 Å². The molecule has 0 atom stereocenters. The lowest BCUT2D eigenvalue weighted by atomic mass is 9.87. The quantitative estimate of drug-likeness (QED) is 0.528. The molecule has 0 saturated carbocycles. The normalized spacial score (nSPS) is 13.6. The third-order valence-corrected chi connectivity index (χ3v) is 5.34. The summed E-state index contributed by atoms with van der Waals surface area (Å²) in [6, 6.07) is 7.08. The van der Waals surface area contributed by atoms with Gasteiger partial charge >= 0.3 is 5.69 Å². The second kappa shape index (κ2) is 6.64. The molecule has 0 spiro atoms. The predicted molar refractivity (Wildman–Crippen MR) is 103 cm³/mol. The van der Waals surface area contributed by atoms with E-state index < -0.39 is 0 Å². The SMILES string of the molecule is O=C(NCc1c(O)ccc2c1CCCC2)c1cc(Br)cc2[nH]c(=O)[nH]c12. The Morgan fingerprint density at radius 2 is 2.00 bits per heavy atom. The molecule has 3 aromatic rings. The molecule has 1 aromatic heterocycles. The fourth-order valence-corrected chi connectivity index (χ4v) is 4.10. The molecule has 134 valence electrons. The lowest BCUT2D eigenvalue weighted by Crippen LogP contribution is -2.24. The van der Waals surface area contributed by atoms with Gasteiger partial charge in [0.15, 0.2) is 0 Å². The van der Waals surface area contributed by atoms with E-state index >= 15 is 0 Å². The van der Waals surface area contributed by atoms with Crippen molar-refractivity contribution in [3.8, 4) is 5.75 Å². The summed E-state index contributed by atoms with van der Waals surface area (Å²) in [6.07, 6.45) is 4.17. The van der Waals surface area contributed by atoms with E-state index in [4.69, 9.17) is 0 Å². The monoisotopic (exact) mass is 415 g/mol. The van der Waals surface area contributed by atoms with E-state index in [0.717, 1.165) is 36.8 Å². The van der Waals surface area contributed by atoms with Gasteiger partial charge in [-0.15, -0.1) is 0 Å². The Kier molecular flexibility index (Phi) is 4.32. The molecule has 0 bridgehead atoms. The predicted octanol–water partition coefficient (Wildman–Crippen LogP) is 3.13. The number of aryl methyl sites for hydroxylation is 1. The van der Waals surface area contributed by atoms with Crippen LogP contribution in [-0.2, 0) is 19.4 Å². The Balaban J connectivity index is 1.64. The molecule has 0 unspecified atom stereocenters. The van der Waals surface area contributed by atoms with Gasteiger partial charge in [0.25, 0.3) is 5.91 Å². The van der Waals surface area contributed by atoms with E-state index in [2.05, 4.69) is 31.2 Å². The number of halogens is 1. The smallest absolute Gasteiger partial charge is 0.323 e. The van der Waals surface area contributed by atoms with Gasteiger partial charge < -0.3 is 20.4 Å². The molecule has 6 nitrogen and oxygen atoms in total. The van der Waals surface area contributed by atoms with E-state index in [1.54, 1.807) is 18.2 Å². The number of rotatable bonds is 3. The number of fused-ring (bicyclic) bond motifs is 2. The number of hydrogen-bond acceptors (Lipinski definition) is 3. The minimum atomic E-state index is -0.359. The summed E-state index contributed by atoms with van der Waals surface area (Å²) >= 11 is 3.36. The maximum absolute atomic E-state index is 12.7. The van der Waals surface area contributed by atoms with Gasteiger partial charge in [0.05, 0.1) is 16.6 Å². The van der Waals surface area contributed by atoms with E-state index in [9.17, 15) is 14.7 Å². The molecule has 1 amide bonds. The summed E-state index contributed by atoms with van der Waals surface area (Å²) in [5, 5.41) is 13.1. The number of aromatic nitrogens is 2. The first-order chi connectivity index (χ1) is 12.5. The molecular weight excluding hydrogens is 398 g/mol. The average Bonchev–Trinajstić information content (AvgIpc) is 2.99. The summed E-state index contributed by atoms with van der Waals surface area (Å²) < 4.78 is 0.699. The number of hydrogen-bond donors (Lipinski definition) is 4. The topological polar surface area (TPSA) is 98.0 Å². The molecule has 1 aliphatic rings. The molecule has 0 aliphatic heterocycles. The first kappa shape index (κ1) is 16.9. The molecule has 4 N–H and O–H groups in total. The zero-order chi connectivity index (χ0) is 18.3. The second-order valence-corrected chi connectivity index (χ2v) is 7.46. The van der Waals surface area contributed by atoms with Crippen LogP contribution >= 0.6 is 15.9 Å². The number of phenolic OH excluding ortho intramolecular Hbond substituents is 1. The van der Waals surface area contributed by atoms with Crippen LogP contribution in [0.1, 0.15) is 39.9 Å². The number of nitrogens with one attached hydrogen (secondary N) is 3. The number of phenols is 1. The highest BCUT2D eigenvalue weighted by Crippen LogP contribution is 2.30. The molecule has 7 heteroatoms. The Morgan fingerprint density at radius 1 is 1.19 bits per heavy atom. The maximum Gasteiger partial charge on any atom is 0.323 e. The highest BCUT2D eigenvalue weighted by Gasteiger charge is 2.18. The molecule has 1 aliphatic carbocycles. The third-order valence-electron chi connectivity index (χ3n) is 4.89. The lowest BCUT2D eigenvalue weighted by Gasteiger charge is -2.20. The Labute approximate surface area is 157 Å². The second-order valence-electron chi connectivity index (χ2n) is 6.55. The van der Waals surface area contributed by atoms with Crippen molar-refractivity contribution < 1.29 is 9.90 Å². The van der Waals surface area contributed by atoms with Crippen molar-refractivity contribution in [1.82, 2.24) is 15.3 Å². The van der Waals surface area contributed by atoms with E-state index in [1.807, 2.05) is 6.07 Å². The fraction of sp³-hybridized carbons (Fsp3) is 0.263. The van der Waals surface area contributed by atoms with Crippen molar-refractivity contribution in [2.24, 2.45) is 0 Å². The van der Waals surface area contributed by atoms with E-state index in [1.165, 1.54) is 5.56 Å². The van der Waals surface area contributed by atoms with Gasteiger partial charge in [-0.1, -0.05) is 22.0 Å². The number of carbonyl (C=O) groups is 1. The Bertz CT molecular complexity index is 1070. The van der Waals surface area contributed by atoms with Crippen LogP contribution in [0.4, 0.5) is 0 Å². The van der Waals surface area contributed by atoms with E-state index in [0.29, 0.717) is 21.1 Å². The van der Waals surface area contributed by atoms with Gasteiger partial charge in [-0.2, -0.15) is 0 Å². The summed E-state index contributed by atoms with van der Waals surface area (Å²) in [5.74, 6) is -0.0975. The Morgan fingerprint density at radius 3 is 2.85 bits per heavy atom. The molecule has 26 heavy (non-hydrogen) atoms. The van der Waals surface area contributed by atoms with Crippen LogP contribution in [0.2, 0.25) is 0 Å². The van der Waals surface area contributed by atoms with Gasteiger partial charge in [-0.25, -0.2) is 4.79 Å². The molecule has 4 rings (SSSR count). The molecule has 0 saturated heterocycles. The number of amides is 1. The van der Waals surface area contributed by atoms with Gasteiger partial charge in [0.1, 0.15) is 5.75 Å². The number of H-pyrrole nitrogens is 2. The Hall–Kier alpha value is -2.54. The maximum atomic E-state index is 12.7. The van der Waals surface area contributed by atoms with Crippen molar-refractivity contribution in [3.05, 3.63) is 61.5 Å². The van der Waals surface area contributed by atoms with Crippen molar-refractivity contribution >= 4 is 32.9 Å². The van der Waals surface area contributed by atoms with Crippen LogP contribution < -0.4 is 11.0 Å². The number of aromatic amines is 2. The van der Waals surface area contributed by atoms with Crippen molar-refractivity contribution in [2.75, 3.05) is 0 Å². The highest BCUT2D eigenvalue weighted by atomic mass is 79.9. The first-order valence-electron chi connectivity index (χ1n) is 8.55. The molecule has 0 fully saturated rings. The van der Waals surface area contributed by atoms with Crippen molar-refractivity contribution in [1.29, 1.82) is 0 Å². The van der Waals surface area contributed by atoms with Crippen LogP contribution in [0.3, 0.4) is 0 Å². The van der Waals surface area contributed by atoms with Crippen molar-refractivity contribution in [3.63, 3.8) is 0 Å². The third kappa shape index (κ3) is 3.03. The summed E-state index contributed by atoms with van der Waals surface area (Å²) in [4.78, 5) is 29.6. The van der Waals surface area contributed by atoms with Crippen LogP contribution in [0.15, 0.2) is 33.5 Å². The number of carbonyl (C=O) groups excluding carboxylic acids is 1. The van der Waals surface area contributed by atoms with Gasteiger partial charge in [-0.3, -0.25) is 4.79 Å². The highest BCUT2D eigenvalue weighted by molar-refractivity contribution is 9.10. The van der Waals surface area contributed by atoms with Gasteiger partial charge in [0, 0.05) is 16.6 Å². The van der Waals surface area contributed by atoms with Crippen LogP contribution in [0, 0.1) is 0 Å². The van der Waals surface area contributed by atoms with Gasteiger partial charge in [-0.05, 0) is 55.0 Å². The standard InChI is InChI=1S/C19H18BrN3O3/c20-11-7-13(17-15(8-11)22-19(26)23-17)18(25)21-9-14-12-4-2-1-3-10(12)5-6-16(14)24/h5-8,24H,1-4,9H2,(H,21,25)(H2,22,23,26). The van der Waals surface area contributed by atoms with Crippen LogP contribution in [-0.4, -0.2) is 21.0 Å². The first-order valence-corrected chi connectivity index (χ1v) is 9.34. The van der Waals surface area contributed by atoms with E-state index in [-0.39, 0.29) is 23.9 Å².